The number of hydrogen-bond acceptors (Lipinski definition) is 3. The number of nitrogens with one attached hydrogen (secondary N) is 2. The van der Waals surface area contributed by atoms with E-state index >= 15 is 0 Å². The monoisotopic (exact) mass is 313 g/mol. The van der Waals surface area contributed by atoms with Crippen LogP contribution in [0.3, 0.4) is 0 Å². The largest absolute Gasteiger partial charge is 0.351 e. The van der Waals surface area contributed by atoms with Gasteiger partial charge in [-0.1, -0.05) is 20.3 Å². The number of rotatable bonds is 6. The van der Waals surface area contributed by atoms with Crippen molar-refractivity contribution >= 4 is 30.7 Å². The summed E-state index contributed by atoms with van der Waals surface area (Å²) in [5, 5.41) is 6.39. The molecule has 1 fully saturated rings. The van der Waals surface area contributed by atoms with E-state index in [2.05, 4.69) is 36.3 Å². The summed E-state index contributed by atoms with van der Waals surface area (Å²) < 4.78 is 0. The van der Waals surface area contributed by atoms with Crippen LogP contribution in [0.1, 0.15) is 40.0 Å². The average molecular weight is 314 g/mol. The molecule has 1 rings (SSSR count). The minimum atomic E-state index is 0. The van der Waals surface area contributed by atoms with Gasteiger partial charge in [-0.15, -0.1) is 24.8 Å². The molecule has 1 aliphatic heterocycles. The van der Waals surface area contributed by atoms with Gasteiger partial charge in [0.05, 0.1) is 6.04 Å². The van der Waals surface area contributed by atoms with E-state index in [0.29, 0.717) is 0 Å². The van der Waals surface area contributed by atoms with Crippen molar-refractivity contribution in [2.75, 3.05) is 26.2 Å². The van der Waals surface area contributed by atoms with Crippen LogP contribution in [0.25, 0.3) is 0 Å². The molecule has 1 heterocycles. The molecule has 1 aliphatic rings. The molecule has 0 aromatic rings. The minimum absolute atomic E-state index is 0. The Balaban J connectivity index is 0. The summed E-state index contributed by atoms with van der Waals surface area (Å²) in [6.07, 6.45) is 3.33. The van der Waals surface area contributed by atoms with Crippen molar-refractivity contribution in [3.63, 3.8) is 0 Å². The van der Waals surface area contributed by atoms with Crippen LogP contribution in [0, 0.1) is 0 Å². The number of piperidine rings is 1. The van der Waals surface area contributed by atoms with Crippen LogP contribution >= 0.6 is 24.8 Å². The highest BCUT2D eigenvalue weighted by Crippen LogP contribution is 2.07. The van der Waals surface area contributed by atoms with Crippen molar-refractivity contribution in [2.24, 2.45) is 0 Å². The first-order chi connectivity index (χ1) is 8.17. The topological polar surface area (TPSA) is 44.4 Å². The van der Waals surface area contributed by atoms with Gasteiger partial charge in [-0.25, -0.2) is 0 Å². The lowest BCUT2D eigenvalue weighted by Gasteiger charge is -2.27. The first-order valence-corrected chi connectivity index (χ1v) is 6.93. The molecule has 0 radical (unpaired) electrons. The van der Waals surface area contributed by atoms with Crippen LogP contribution < -0.4 is 10.6 Å². The lowest BCUT2D eigenvalue weighted by molar-refractivity contribution is -0.124. The molecule has 2 atom stereocenters. The van der Waals surface area contributed by atoms with Crippen LogP contribution in [0.4, 0.5) is 0 Å². The van der Waals surface area contributed by atoms with Crippen LogP contribution in [0.5, 0.6) is 0 Å². The second kappa shape index (κ2) is 11.8. The van der Waals surface area contributed by atoms with Gasteiger partial charge in [0.2, 0.25) is 5.91 Å². The maximum Gasteiger partial charge on any atom is 0.237 e. The Morgan fingerprint density at radius 3 is 2.42 bits per heavy atom. The summed E-state index contributed by atoms with van der Waals surface area (Å²) in [5.41, 5.74) is 0. The highest BCUT2D eigenvalue weighted by Gasteiger charge is 2.21. The van der Waals surface area contributed by atoms with Gasteiger partial charge < -0.3 is 15.5 Å². The Kier molecular flexibility index (Phi) is 13.2. The van der Waals surface area contributed by atoms with Crippen LogP contribution in [0.2, 0.25) is 0 Å². The standard InChI is InChI=1S/C13H27N3O.2ClH/c1-4-16(5-2)10-11(3)15-13(17)12-8-6-7-9-14-12;;/h11-12,14H,4-10H2,1-3H3,(H,15,17);2*1H. The summed E-state index contributed by atoms with van der Waals surface area (Å²) in [5.74, 6) is 0.171. The first kappa shape index (κ1) is 21.3. The van der Waals surface area contributed by atoms with E-state index < -0.39 is 0 Å². The molecule has 4 nitrogen and oxygen atoms in total. The zero-order valence-corrected chi connectivity index (χ0v) is 13.9. The summed E-state index contributed by atoms with van der Waals surface area (Å²) in [7, 11) is 0. The van der Waals surface area contributed by atoms with Crippen molar-refractivity contribution in [1.29, 1.82) is 0 Å². The van der Waals surface area contributed by atoms with Crippen LogP contribution in [-0.4, -0.2) is 49.1 Å². The average Bonchev–Trinajstić information content (AvgIpc) is 2.37. The Hall–Kier alpha value is -0.0300. The molecule has 1 amide bonds. The second-order valence-electron chi connectivity index (χ2n) is 4.90. The lowest BCUT2D eigenvalue weighted by Crippen LogP contribution is -2.51. The zero-order chi connectivity index (χ0) is 12.7. The fraction of sp³-hybridized carbons (Fsp3) is 0.923. The molecule has 2 N–H and O–H groups in total. The van der Waals surface area contributed by atoms with Gasteiger partial charge in [0.15, 0.2) is 0 Å². The number of amides is 1. The molecule has 2 unspecified atom stereocenters. The van der Waals surface area contributed by atoms with Crippen molar-refractivity contribution in [1.82, 2.24) is 15.5 Å². The molecule has 0 saturated carbocycles. The maximum atomic E-state index is 12.0. The fourth-order valence-corrected chi connectivity index (χ4v) is 2.33. The Bertz CT molecular complexity index is 232. The quantitative estimate of drug-likeness (QED) is 0.786. The van der Waals surface area contributed by atoms with Crippen LogP contribution in [0.15, 0.2) is 0 Å². The SMILES string of the molecule is CCN(CC)CC(C)NC(=O)C1CCCCN1.Cl.Cl. The summed E-state index contributed by atoms with van der Waals surface area (Å²) in [4.78, 5) is 14.3. The van der Waals surface area contributed by atoms with Gasteiger partial charge in [0.25, 0.3) is 0 Å². The molecule has 0 aromatic heterocycles. The molecule has 0 aliphatic carbocycles. The molecule has 0 spiro atoms. The third-order valence-corrected chi connectivity index (χ3v) is 3.44. The number of halogens is 2. The summed E-state index contributed by atoms with van der Waals surface area (Å²) in [6.45, 7) is 10.4. The molecular weight excluding hydrogens is 285 g/mol. The molecule has 19 heavy (non-hydrogen) atoms. The number of carbonyl (C=O) groups is 1. The number of carbonyl (C=O) groups excluding carboxylic acids is 1. The molecule has 0 bridgehead atoms. The van der Waals surface area contributed by atoms with Gasteiger partial charge >= 0.3 is 0 Å². The molecule has 6 heteroatoms. The third kappa shape index (κ3) is 7.98. The lowest BCUT2D eigenvalue weighted by atomic mass is 10.0. The van der Waals surface area contributed by atoms with Crippen molar-refractivity contribution in [3.05, 3.63) is 0 Å². The Labute approximate surface area is 129 Å². The Morgan fingerprint density at radius 1 is 1.32 bits per heavy atom. The van der Waals surface area contributed by atoms with E-state index in [1.807, 2.05) is 0 Å². The van der Waals surface area contributed by atoms with Gasteiger partial charge in [0, 0.05) is 12.6 Å². The van der Waals surface area contributed by atoms with Gasteiger partial charge in [-0.2, -0.15) is 0 Å². The maximum absolute atomic E-state index is 12.0. The van der Waals surface area contributed by atoms with E-state index in [0.717, 1.165) is 39.0 Å². The van der Waals surface area contributed by atoms with Crippen molar-refractivity contribution in [3.8, 4) is 0 Å². The fourth-order valence-electron chi connectivity index (χ4n) is 2.33. The van der Waals surface area contributed by atoms with E-state index in [-0.39, 0.29) is 42.8 Å². The zero-order valence-electron chi connectivity index (χ0n) is 12.3. The first-order valence-electron chi connectivity index (χ1n) is 6.93. The summed E-state index contributed by atoms with van der Waals surface area (Å²) in [6, 6.07) is 0.258. The van der Waals surface area contributed by atoms with Gasteiger partial charge in [-0.05, 0) is 39.4 Å². The van der Waals surface area contributed by atoms with E-state index in [1.54, 1.807) is 0 Å². The predicted molar refractivity (Wildman–Crippen MR) is 85.5 cm³/mol. The van der Waals surface area contributed by atoms with Gasteiger partial charge in [-0.3, -0.25) is 4.79 Å². The predicted octanol–water partition coefficient (Wildman–Crippen LogP) is 1.82. The number of hydrogen-bond donors (Lipinski definition) is 2. The van der Waals surface area contributed by atoms with Crippen molar-refractivity contribution < 1.29 is 4.79 Å². The number of likely N-dealkylation sites (N-methyl/N-ethyl adjacent to an activating group) is 1. The van der Waals surface area contributed by atoms with E-state index in [1.165, 1.54) is 6.42 Å². The summed E-state index contributed by atoms with van der Waals surface area (Å²) >= 11 is 0. The minimum Gasteiger partial charge on any atom is -0.351 e. The smallest absolute Gasteiger partial charge is 0.237 e. The Morgan fingerprint density at radius 2 is 1.95 bits per heavy atom. The molecular formula is C13H29Cl2N3O. The van der Waals surface area contributed by atoms with Gasteiger partial charge in [0.1, 0.15) is 0 Å². The molecule has 116 valence electrons. The van der Waals surface area contributed by atoms with E-state index in [4.69, 9.17) is 0 Å². The van der Waals surface area contributed by atoms with Crippen molar-refractivity contribution in [2.45, 2.75) is 52.1 Å². The highest BCUT2D eigenvalue weighted by atomic mass is 35.5. The molecule has 1 saturated heterocycles. The van der Waals surface area contributed by atoms with E-state index in [9.17, 15) is 4.79 Å². The third-order valence-electron chi connectivity index (χ3n) is 3.44. The van der Waals surface area contributed by atoms with Crippen LogP contribution in [-0.2, 0) is 4.79 Å². The highest BCUT2D eigenvalue weighted by molar-refractivity contribution is 5.85. The second-order valence-corrected chi connectivity index (χ2v) is 4.90. The molecule has 0 aromatic carbocycles. The number of nitrogens with zero attached hydrogens (tertiary/aromatic N) is 1. The normalized spacial score (nSPS) is 20.1.